The van der Waals surface area contributed by atoms with E-state index in [1.807, 2.05) is 20.1 Å². The molecule has 0 aromatic rings. The average molecular weight is 204 g/mol. The number of thioether (sulfide) groups is 1. The lowest BCUT2D eigenvalue weighted by Gasteiger charge is -2.11. The molecule has 0 aliphatic rings. The zero-order chi connectivity index (χ0) is 10.3. The fraction of sp³-hybridized carbons (Fsp3) is 0.889. The number of hydrogen-bond donors (Lipinski definition) is 2. The molecule has 1 atom stereocenters. The summed E-state index contributed by atoms with van der Waals surface area (Å²) in [7, 11) is 0. The molecule has 0 heterocycles. The van der Waals surface area contributed by atoms with Gasteiger partial charge in [0, 0.05) is 17.8 Å². The van der Waals surface area contributed by atoms with E-state index in [1.54, 1.807) is 11.8 Å². The lowest BCUT2D eigenvalue weighted by molar-refractivity contribution is -0.120. The van der Waals surface area contributed by atoms with E-state index in [2.05, 4.69) is 17.6 Å². The molecule has 0 spiro atoms. The van der Waals surface area contributed by atoms with Crippen LogP contribution in [-0.2, 0) is 4.79 Å². The number of hydrogen-bond acceptors (Lipinski definition) is 3. The molecule has 2 N–H and O–H groups in total. The minimum absolute atomic E-state index is 0.0783. The van der Waals surface area contributed by atoms with E-state index in [1.165, 1.54) is 0 Å². The Morgan fingerprint density at radius 3 is 2.46 bits per heavy atom. The molecule has 1 unspecified atom stereocenters. The molecule has 3 nitrogen and oxygen atoms in total. The van der Waals surface area contributed by atoms with Crippen LogP contribution in [0.1, 0.15) is 20.8 Å². The predicted octanol–water partition coefficient (Wildman–Crippen LogP) is 0.852. The largest absolute Gasteiger partial charge is 0.354 e. The van der Waals surface area contributed by atoms with Gasteiger partial charge in [0.1, 0.15) is 0 Å². The van der Waals surface area contributed by atoms with Gasteiger partial charge in [0.05, 0.1) is 6.54 Å². The number of rotatable bonds is 6. The summed E-state index contributed by atoms with van der Waals surface area (Å²) in [6, 6.07) is 0.365. The van der Waals surface area contributed by atoms with Gasteiger partial charge in [-0.3, -0.25) is 4.79 Å². The Labute approximate surface area is 85.0 Å². The third-order valence-corrected chi connectivity index (χ3v) is 2.63. The van der Waals surface area contributed by atoms with Gasteiger partial charge in [0.15, 0.2) is 0 Å². The zero-order valence-corrected chi connectivity index (χ0v) is 9.70. The van der Waals surface area contributed by atoms with Crippen LogP contribution >= 0.6 is 11.8 Å². The van der Waals surface area contributed by atoms with Crippen LogP contribution in [0.25, 0.3) is 0 Å². The van der Waals surface area contributed by atoms with E-state index < -0.39 is 0 Å². The second-order valence-electron chi connectivity index (χ2n) is 3.39. The van der Waals surface area contributed by atoms with Gasteiger partial charge >= 0.3 is 0 Å². The Morgan fingerprint density at radius 2 is 2.00 bits per heavy atom. The maximum Gasteiger partial charge on any atom is 0.234 e. The molecule has 78 valence electrons. The second-order valence-corrected chi connectivity index (χ2v) is 4.66. The first kappa shape index (κ1) is 12.8. The van der Waals surface area contributed by atoms with Crippen molar-refractivity contribution in [2.45, 2.75) is 32.1 Å². The van der Waals surface area contributed by atoms with Crippen LogP contribution in [0.3, 0.4) is 0 Å². The van der Waals surface area contributed by atoms with Gasteiger partial charge in [-0.15, -0.1) is 0 Å². The van der Waals surface area contributed by atoms with Crippen molar-refractivity contribution in [1.29, 1.82) is 0 Å². The van der Waals surface area contributed by atoms with E-state index in [-0.39, 0.29) is 5.91 Å². The van der Waals surface area contributed by atoms with Gasteiger partial charge < -0.3 is 10.6 Å². The van der Waals surface area contributed by atoms with E-state index >= 15 is 0 Å². The first-order valence-corrected chi connectivity index (χ1v) is 5.88. The normalized spacial score (nSPS) is 13.0. The number of nitrogens with one attached hydrogen (secondary N) is 2. The topological polar surface area (TPSA) is 41.1 Å². The smallest absolute Gasteiger partial charge is 0.234 e. The fourth-order valence-corrected chi connectivity index (χ4v) is 0.950. The molecule has 0 aromatic heterocycles. The molecule has 0 saturated carbocycles. The fourth-order valence-electron chi connectivity index (χ4n) is 0.700. The van der Waals surface area contributed by atoms with Gasteiger partial charge in [-0.2, -0.15) is 11.8 Å². The summed E-state index contributed by atoms with van der Waals surface area (Å²) in [4.78, 5) is 11.2. The van der Waals surface area contributed by atoms with Crippen molar-refractivity contribution in [3.8, 4) is 0 Å². The minimum Gasteiger partial charge on any atom is -0.354 e. The molecule has 0 radical (unpaired) electrons. The summed E-state index contributed by atoms with van der Waals surface area (Å²) >= 11 is 1.76. The monoisotopic (exact) mass is 204 g/mol. The number of amides is 1. The Kier molecular flexibility index (Phi) is 7.09. The van der Waals surface area contributed by atoms with Gasteiger partial charge in [-0.05, 0) is 6.26 Å². The minimum atomic E-state index is 0.0783. The van der Waals surface area contributed by atoms with Crippen molar-refractivity contribution in [3.05, 3.63) is 0 Å². The molecule has 0 saturated heterocycles. The second kappa shape index (κ2) is 7.21. The van der Waals surface area contributed by atoms with Crippen molar-refractivity contribution in [2.24, 2.45) is 0 Å². The van der Waals surface area contributed by atoms with Crippen molar-refractivity contribution >= 4 is 17.7 Å². The first-order chi connectivity index (χ1) is 6.06. The quantitative estimate of drug-likeness (QED) is 0.674. The summed E-state index contributed by atoms with van der Waals surface area (Å²) in [6.07, 6.45) is 2.04. The molecule has 0 rings (SSSR count). The Hall–Kier alpha value is -0.220. The van der Waals surface area contributed by atoms with Crippen LogP contribution in [0.5, 0.6) is 0 Å². The zero-order valence-electron chi connectivity index (χ0n) is 8.89. The Balaban J connectivity index is 3.40. The summed E-state index contributed by atoms with van der Waals surface area (Å²) < 4.78 is 0. The molecule has 0 aliphatic carbocycles. The molecular formula is C9H20N2OS. The first-order valence-electron chi connectivity index (χ1n) is 4.59. The molecule has 0 bridgehead atoms. The van der Waals surface area contributed by atoms with Crippen molar-refractivity contribution in [2.75, 3.05) is 19.3 Å². The molecule has 0 aliphatic heterocycles. The molecule has 4 heteroatoms. The molecule has 0 fully saturated rings. The predicted molar refractivity (Wildman–Crippen MR) is 59.1 cm³/mol. The lowest BCUT2D eigenvalue weighted by Crippen LogP contribution is -2.39. The van der Waals surface area contributed by atoms with E-state index in [0.717, 1.165) is 6.54 Å². The molecule has 13 heavy (non-hydrogen) atoms. The van der Waals surface area contributed by atoms with Crippen molar-refractivity contribution < 1.29 is 4.79 Å². The van der Waals surface area contributed by atoms with Gasteiger partial charge in [-0.25, -0.2) is 0 Å². The Bertz CT molecular complexity index is 151. The van der Waals surface area contributed by atoms with Crippen LogP contribution < -0.4 is 10.6 Å². The summed E-state index contributed by atoms with van der Waals surface area (Å²) in [5, 5.41) is 6.42. The van der Waals surface area contributed by atoms with Crippen LogP contribution in [0.15, 0.2) is 0 Å². The maximum absolute atomic E-state index is 11.2. The number of carbonyl (C=O) groups is 1. The average Bonchev–Trinajstić information content (AvgIpc) is 2.10. The van der Waals surface area contributed by atoms with Gasteiger partial charge in [0.25, 0.3) is 0 Å². The molecular weight excluding hydrogens is 184 g/mol. The highest BCUT2D eigenvalue weighted by molar-refractivity contribution is 7.99. The van der Waals surface area contributed by atoms with Crippen molar-refractivity contribution in [1.82, 2.24) is 10.6 Å². The number of carbonyl (C=O) groups excluding carboxylic acids is 1. The maximum atomic E-state index is 11.2. The van der Waals surface area contributed by atoms with Crippen molar-refractivity contribution in [3.63, 3.8) is 0 Å². The highest BCUT2D eigenvalue weighted by atomic mass is 32.2. The standard InChI is InChI=1S/C9H20N2OS/c1-7(2)10-6-9(12)11-5-8(3)13-4/h7-8,10H,5-6H2,1-4H3,(H,11,12). The van der Waals surface area contributed by atoms with E-state index in [0.29, 0.717) is 17.8 Å². The van der Waals surface area contributed by atoms with E-state index in [4.69, 9.17) is 0 Å². The summed E-state index contributed by atoms with van der Waals surface area (Å²) in [5.74, 6) is 0.0783. The lowest BCUT2D eigenvalue weighted by atomic mass is 10.4. The van der Waals surface area contributed by atoms with Crippen LogP contribution in [0.2, 0.25) is 0 Å². The van der Waals surface area contributed by atoms with Crippen LogP contribution in [0.4, 0.5) is 0 Å². The Morgan fingerprint density at radius 1 is 1.38 bits per heavy atom. The van der Waals surface area contributed by atoms with Gasteiger partial charge in [-0.1, -0.05) is 20.8 Å². The van der Waals surface area contributed by atoms with Crippen LogP contribution in [-0.4, -0.2) is 36.5 Å². The van der Waals surface area contributed by atoms with Crippen LogP contribution in [0, 0.1) is 0 Å². The van der Waals surface area contributed by atoms with Gasteiger partial charge in [0.2, 0.25) is 5.91 Å². The summed E-state index contributed by atoms with van der Waals surface area (Å²) in [5.41, 5.74) is 0. The third-order valence-electron chi connectivity index (χ3n) is 1.66. The molecule has 1 amide bonds. The highest BCUT2D eigenvalue weighted by Gasteiger charge is 2.03. The highest BCUT2D eigenvalue weighted by Crippen LogP contribution is 2.01. The SMILES string of the molecule is CSC(C)CNC(=O)CNC(C)C. The summed E-state index contributed by atoms with van der Waals surface area (Å²) in [6.45, 7) is 7.31. The molecule has 0 aromatic carbocycles. The van der Waals surface area contributed by atoms with E-state index in [9.17, 15) is 4.79 Å². The third kappa shape index (κ3) is 8.12.